The SMILES string of the molecule is Cc1ccc(C)c(C(C)NS(=O)(=O)c2ccc(Cl)s2)c1. The van der Waals surface area contributed by atoms with E-state index in [1.165, 1.54) is 6.07 Å². The van der Waals surface area contributed by atoms with Crippen molar-refractivity contribution in [1.82, 2.24) is 4.72 Å². The molecular formula is C14H16ClNO2S2. The Bertz CT molecular complexity index is 723. The zero-order chi connectivity index (χ0) is 14.9. The summed E-state index contributed by atoms with van der Waals surface area (Å²) in [5.74, 6) is 0. The van der Waals surface area contributed by atoms with Gasteiger partial charge in [0.2, 0.25) is 0 Å². The van der Waals surface area contributed by atoms with E-state index in [0.717, 1.165) is 28.0 Å². The molecule has 1 atom stereocenters. The van der Waals surface area contributed by atoms with E-state index in [1.54, 1.807) is 6.07 Å². The van der Waals surface area contributed by atoms with Crippen molar-refractivity contribution in [3.05, 3.63) is 51.4 Å². The maximum atomic E-state index is 12.3. The second-order valence-electron chi connectivity index (χ2n) is 4.76. The van der Waals surface area contributed by atoms with Crippen LogP contribution in [0.1, 0.15) is 29.7 Å². The summed E-state index contributed by atoms with van der Waals surface area (Å²) >= 11 is 6.85. The van der Waals surface area contributed by atoms with Gasteiger partial charge in [0.1, 0.15) is 4.21 Å². The fourth-order valence-electron chi connectivity index (χ4n) is 2.02. The van der Waals surface area contributed by atoms with Crippen molar-refractivity contribution in [2.45, 2.75) is 31.0 Å². The fourth-order valence-corrected chi connectivity index (χ4v) is 4.75. The Hall–Kier alpha value is -0.880. The van der Waals surface area contributed by atoms with E-state index in [2.05, 4.69) is 4.72 Å². The minimum atomic E-state index is -3.53. The summed E-state index contributed by atoms with van der Waals surface area (Å²) in [5, 5.41) is 0. The summed E-state index contributed by atoms with van der Waals surface area (Å²) in [5.41, 5.74) is 3.15. The van der Waals surface area contributed by atoms with Crippen LogP contribution in [0.15, 0.2) is 34.5 Å². The number of benzene rings is 1. The van der Waals surface area contributed by atoms with Gasteiger partial charge in [-0.15, -0.1) is 11.3 Å². The predicted octanol–water partition coefficient (Wildman–Crippen LogP) is 4.06. The van der Waals surface area contributed by atoms with Gasteiger partial charge >= 0.3 is 0 Å². The molecule has 1 unspecified atom stereocenters. The lowest BCUT2D eigenvalue weighted by Gasteiger charge is -2.16. The summed E-state index contributed by atoms with van der Waals surface area (Å²) in [6.45, 7) is 5.80. The van der Waals surface area contributed by atoms with Gasteiger partial charge in [0.05, 0.1) is 4.34 Å². The van der Waals surface area contributed by atoms with Gasteiger partial charge < -0.3 is 0 Å². The van der Waals surface area contributed by atoms with Gasteiger partial charge in [-0.1, -0.05) is 35.4 Å². The summed E-state index contributed by atoms with van der Waals surface area (Å²) < 4.78 is 27.9. The van der Waals surface area contributed by atoms with Crippen molar-refractivity contribution in [3.8, 4) is 0 Å². The lowest BCUT2D eigenvalue weighted by molar-refractivity contribution is 0.568. The molecule has 0 saturated carbocycles. The lowest BCUT2D eigenvalue weighted by atomic mass is 10.0. The molecule has 3 nitrogen and oxygen atoms in total. The van der Waals surface area contributed by atoms with Crippen molar-refractivity contribution in [2.24, 2.45) is 0 Å². The molecule has 1 aromatic carbocycles. The Labute approximate surface area is 128 Å². The summed E-state index contributed by atoms with van der Waals surface area (Å²) in [4.78, 5) is 0. The number of thiophene rings is 1. The van der Waals surface area contributed by atoms with E-state index in [-0.39, 0.29) is 10.3 Å². The molecule has 0 spiro atoms. The highest BCUT2D eigenvalue weighted by Crippen LogP contribution is 2.27. The first-order chi connectivity index (χ1) is 9.29. The Morgan fingerprint density at radius 1 is 1.20 bits per heavy atom. The minimum Gasteiger partial charge on any atom is -0.206 e. The van der Waals surface area contributed by atoms with Crippen LogP contribution < -0.4 is 4.72 Å². The summed E-state index contributed by atoms with van der Waals surface area (Å²) in [6.07, 6.45) is 0. The maximum Gasteiger partial charge on any atom is 0.250 e. The lowest BCUT2D eigenvalue weighted by Crippen LogP contribution is -2.26. The minimum absolute atomic E-state index is 0.236. The van der Waals surface area contributed by atoms with E-state index in [1.807, 2.05) is 39.0 Å². The van der Waals surface area contributed by atoms with Crippen LogP contribution >= 0.6 is 22.9 Å². The monoisotopic (exact) mass is 329 g/mol. The van der Waals surface area contributed by atoms with Crippen LogP contribution in [0.5, 0.6) is 0 Å². The van der Waals surface area contributed by atoms with Gasteiger partial charge in [0.15, 0.2) is 0 Å². The molecular weight excluding hydrogens is 314 g/mol. The van der Waals surface area contributed by atoms with E-state index in [4.69, 9.17) is 11.6 Å². The Morgan fingerprint density at radius 3 is 2.50 bits per heavy atom. The molecule has 1 heterocycles. The molecule has 108 valence electrons. The van der Waals surface area contributed by atoms with Crippen molar-refractivity contribution in [1.29, 1.82) is 0 Å². The Morgan fingerprint density at radius 2 is 1.90 bits per heavy atom. The van der Waals surface area contributed by atoms with Gasteiger partial charge in [0, 0.05) is 6.04 Å². The van der Waals surface area contributed by atoms with Gasteiger partial charge in [-0.25, -0.2) is 13.1 Å². The molecule has 0 fully saturated rings. The van der Waals surface area contributed by atoms with Gasteiger partial charge in [-0.3, -0.25) is 0 Å². The molecule has 0 aliphatic carbocycles. The molecule has 0 radical (unpaired) electrons. The third-order valence-corrected chi connectivity index (χ3v) is 6.31. The number of nitrogens with one attached hydrogen (secondary N) is 1. The Balaban J connectivity index is 2.27. The molecule has 6 heteroatoms. The van der Waals surface area contributed by atoms with Gasteiger partial charge in [-0.05, 0) is 44.0 Å². The zero-order valence-electron chi connectivity index (χ0n) is 11.5. The quantitative estimate of drug-likeness (QED) is 0.919. The molecule has 2 rings (SSSR count). The highest BCUT2D eigenvalue weighted by Gasteiger charge is 2.21. The topological polar surface area (TPSA) is 46.2 Å². The number of halogens is 1. The molecule has 20 heavy (non-hydrogen) atoms. The van der Waals surface area contributed by atoms with Crippen molar-refractivity contribution >= 4 is 33.0 Å². The smallest absolute Gasteiger partial charge is 0.206 e. The van der Waals surface area contributed by atoms with Crippen LogP contribution in [0.3, 0.4) is 0 Å². The normalized spacial score (nSPS) is 13.4. The zero-order valence-corrected chi connectivity index (χ0v) is 13.9. The van der Waals surface area contributed by atoms with Crippen LogP contribution in [0.4, 0.5) is 0 Å². The molecule has 1 aromatic heterocycles. The molecule has 0 amide bonds. The predicted molar refractivity (Wildman–Crippen MR) is 84.0 cm³/mol. The highest BCUT2D eigenvalue weighted by molar-refractivity contribution is 7.91. The van der Waals surface area contributed by atoms with Crippen LogP contribution in [0.25, 0.3) is 0 Å². The van der Waals surface area contributed by atoms with Crippen LogP contribution in [0.2, 0.25) is 4.34 Å². The largest absolute Gasteiger partial charge is 0.250 e. The molecule has 1 N–H and O–H groups in total. The van der Waals surface area contributed by atoms with Crippen LogP contribution in [0, 0.1) is 13.8 Å². The van der Waals surface area contributed by atoms with E-state index >= 15 is 0 Å². The second kappa shape index (κ2) is 5.85. The third-order valence-electron chi connectivity index (χ3n) is 3.05. The first-order valence-corrected chi connectivity index (χ1v) is 8.82. The molecule has 0 saturated heterocycles. The highest BCUT2D eigenvalue weighted by atomic mass is 35.5. The standard InChI is InChI=1S/C14H16ClNO2S2/c1-9-4-5-10(2)12(8-9)11(3)16-20(17,18)14-7-6-13(15)19-14/h4-8,11,16H,1-3H3. The second-order valence-corrected chi connectivity index (χ2v) is 8.42. The molecule has 0 aliphatic rings. The van der Waals surface area contributed by atoms with E-state index in [0.29, 0.717) is 4.34 Å². The Kier molecular flexibility index (Phi) is 4.54. The fraction of sp³-hybridized carbons (Fsp3) is 0.286. The number of sulfonamides is 1. The molecule has 0 bridgehead atoms. The average Bonchev–Trinajstić information content (AvgIpc) is 2.79. The van der Waals surface area contributed by atoms with Crippen LogP contribution in [-0.4, -0.2) is 8.42 Å². The average molecular weight is 330 g/mol. The van der Waals surface area contributed by atoms with Gasteiger partial charge in [-0.2, -0.15) is 0 Å². The third kappa shape index (κ3) is 3.41. The van der Waals surface area contributed by atoms with Gasteiger partial charge in [0.25, 0.3) is 10.0 Å². The van der Waals surface area contributed by atoms with E-state index in [9.17, 15) is 8.42 Å². The first kappa shape index (κ1) is 15.5. The maximum absolute atomic E-state index is 12.3. The van der Waals surface area contributed by atoms with Crippen molar-refractivity contribution in [2.75, 3.05) is 0 Å². The van der Waals surface area contributed by atoms with E-state index < -0.39 is 10.0 Å². The molecule has 0 aliphatic heterocycles. The summed E-state index contributed by atoms with van der Waals surface area (Å²) in [7, 11) is -3.53. The van der Waals surface area contributed by atoms with Crippen LogP contribution in [-0.2, 0) is 10.0 Å². The number of rotatable bonds is 4. The number of hydrogen-bond donors (Lipinski definition) is 1. The molecule has 2 aromatic rings. The summed E-state index contributed by atoms with van der Waals surface area (Å²) in [6, 6.07) is 8.83. The first-order valence-electron chi connectivity index (χ1n) is 6.14. The van der Waals surface area contributed by atoms with Crippen molar-refractivity contribution in [3.63, 3.8) is 0 Å². The number of aryl methyl sites for hydroxylation is 2. The number of hydrogen-bond acceptors (Lipinski definition) is 3. The van der Waals surface area contributed by atoms with Crippen molar-refractivity contribution < 1.29 is 8.42 Å².